The third-order valence-electron chi connectivity index (χ3n) is 2.41. The Balaban J connectivity index is 1.90. The maximum atomic E-state index is 5.23. The van der Waals surface area contributed by atoms with E-state index in [1.165, 1.54) is 11.2 Å². The van der Waals surface area contributed by atoms with Crippen molar-refractivity contribution in [3.8, 4) is 11.6 Å². The lowest BCUT2D eigenvalue weighted by Gasteiger charge is -2.01. The second-order valence-corrected chi connectivity index (χ2v) is 4.51. The maximum Gasteiger partial charge on any atom is 0.239 e. The average Bonchev–Trinajstić information content (AvgIpc) is 3.09. The van der Waals surface area contributed by atoms with Gasteiger partial charge in [0.25, 0.3) is 0 Å². The van der Waals surface area contributed by atoms with Crippen molar-refractivity contribution < 1.29 is 4.52 Å². The summed E-state index contributed by atoms with van der Waals surface area (Å²) in [7, 11) is 0. The van der Waals surface area contributed by atoms with Crippen molar-refractivity contribution in [2.75, 3.05) is 0 Å². The van der Waals surface area contributed by atoms with Gasteiger partial charge in [0.05, 0.1) is 5.92 Å². The van der Waals surface area contributed by atoms with E-state index in [9.17, 15) is 0 Å². The van der Waals surface area contributed by atoms with E-state index in [0.717, 1.165) is 0 Å². The fourth-order valence-electron chi connectivity index (χ4n) is 1.48. The van der Waals surface area contributed by atoms with Crippen LogP contribution in [-0.4, -0.2) is 25.3 Å². The summed E-state index contributed by atoms with van der Waals surface area (Å²) in [4.78, 5) is 9.47. The van der Waals surface area contributed by atoms with Crippen LogP contribution in [0.3, 0.4) is 0 Å². The first-order valence-electron chi connectivity index (χ1n) is 5.07. The quantitative estimate of drug-likeness (QED) is 0.766. The lowest BCUT2D eigenvalue weighted by molar-refractivity contribution is 0.371. The average molecular weight is 247 g/mol. The van der Waals surface area contributed by atoms with E-state index in [0.29, 0.717) is 17.5 Å². The van der Waals surface area contributed by atoms with Crippen LogP contribution in [0.2, 0.25) is 0 Å². The topological polar surface area (TPSA) is 80.5 Å². The van der Waals surface area contributed by atoms with Crippen LogP contribution in [0.25, 0.3) is 11.6 Å². The summed E-state index contributed by atoms with van der Waals surface area (Å²) in [5.74, 6) is 1.62. The molecule has 1 atom stereocenters. The number of rotatable bonds is 3. The van der Waals surface area contributed by atoms with E-state index >= 15 is 0 Å². The van der Waals surface area contributed by atoms with Crippen molar-refractivity contribution in [1.82, 2.24) is 25.3 Å². The molecule has 0 aliphatic carbocycles. The number of H-pyrrole nitrogens is 1. The molecule has 0 aliphatic heterocycles. The van der Waals surface area contributed by atoms with E-state index < -0.39 is 0 Å². The maximum absolute atomic E-state index is 5.23. The summed E-state index contributed by atoms with van der Waals surface area (Å²) in [6.45, 7) is 2.03. The molecule has 0 bridgehead atoms. The minimum absolute atomic E-state index is 0.0965. The molecule has 0 amide bonds. The molecule has 1 N–H and O–H groups in total. The molecule has 0 spiro atoms. The van der Waals surface area contributed by atoms with Gasteiger partial charge in [0.15, 0.2) is 5.82 Å². The number of nitrogens with zero attached hydrogens (tertiary/aromatic N) is 4. The monoisotopic (exact) mass is 247 g/mol. The van der Waals surface area contributed by atoms with E-state index in [1.54, 1.807) is 11.3 Å². The zero-order chi connectivity index (χ0) is 11.7. The van der Waals surface area contributed by atoms with Gasteiger partial charge < -0.3 is 4.52 Å². The zero-order valence-electron chi connectivity index (χ0n) is 8.99. The van der Waals surface area contributed by atoms with Crippen LogP contribution in [0, 0.1) is 0 Å². The molecule has 0 fully saturated rings. The molecule has 86 valence electrons. The normalized spacial score (nSPS) is 12.8. The van der Waals surface area contributed by atoms with Gasteiger partial charge in [0.1, 0.15) is 6.33 Å². The second-order valence-electron chi connectivity index (χ2n) is 3.53. The largest absolute Gasteiger partial charge is 0.338 e. The van der Waals surface area contributed by atoms with Crippen molar-refractivity contribution in [2.45, 2.75) is 12.8 Å². The minimum Gasteiger partial charge on any atom is -0.338 e. The third kappa shape index (κ3) is 1.84. The van der Waals surface area contributed by atoms with Gasteiger partial charge in [0.2, 0.25) is 11.7 Å². The molecule has 6 nitrogen and oxygen atoms in total. The molecule has 0 radical (unpaired) electrons. The Hall–Kier alpha value is -2.02. The molecule has 0 saturated heterocycles. The number of aromatic nitrogens is 5. The van der Waals surface area contributed by atoms with Crippen molar-refractivity contribution in [3.63, 3.8) is 0 Å². The molecule has 3 rings (SSSR count). The molecular weight excluding hydrogens is 238 g/mol. The molecule has 1 unspecified atom stereocenters. The zero-order valence-corrected chi connectivity index (χ0v) is 9.81. The van der Waals surface area contributed by atoms with Crippen LogP contribution in [0.15, 0.2) is 28.4 Å². The number of aromatic amines is 1. The Morgan fingerprint density at radius 1 is 1.47 bits per heavy atom. The second kappa shape index (κ2) is 4.10. The van der Waals surface area contributed by atoms with Crippen LogP contribution in [-0.2, 0) is 0 Å². The molecule has 3 aromatic rings. The number of hydrogen-bond acceptors (Lipinski definition) is 6. The van der Waals surface area contributed by atoms with Gasteiger partial charge in [-0.25, -0.2) is 4.98 Å². The van der Waals surface area contributed by atoms with Gasteiger partial charge in [-0.05, 0) is 18.4 Å². The first kappa shape index (κ1) is 10.2. The highest BCUT2D eigenvalue weighted by Crippen LogP contribution is 2.27. The summed E-state index contributed by atoms with van der Waals surface area (Å²) in [5.41, 5.74) is 0. The number of nitrogens with one attached hydrogen (secondary N) is 1. The molecule has 3 heterocycles. The summed E-state index contributed by atoms with van der Waals surface area (Å²) in [5, 5.41) is 12.3. The predicted octanol–water partition coefficient (Wildman–Crippen LogP) is 2.07. The first-order chi connectivity index (χ1) is 8.34. The molecule has 0 saturated carbocycles. The van der Waals surface area contributed by atoms with Crippen molar-refractivity contribution >= 4 is 11.3 Å². The first-order valence-corrected chi connectivity index (χ1v) is 5.95. The third-order valence-corrected chi connectivity index (χ3v) is 3.46. The van der Waals surface area contributed by atoms with Crippen LogP contribution in [0.5, 0.6) is 0 Å². The van der Waals surface area contributed by atoms with Gasteiger partial charge in [-0.2, -0.15) is 10.1 Å². The molecule has 17 heavy (non-hydrogen) atoms. The van der Waals surface area contributed by atoms with Crippen molar-refractivity contribution in [1.29, 1.82) is 0 Å². The molecule has 7 heteroatoms. The lowest BCUT2D eigenvalue weighted by atomic mass is 10.1. The Morgan fingerprint density at radius 2 is 2.41 bits per heavy atom. The van der Waals surface area contributed by atoms with Crippen LogP contribution >= 0.6 is 11.3 Å². The number of thiophene rings is 1. The van der Waals surface area contributed by atoms with Crippen molar-refractivity contribution in [3.05, 3.63) is 34.6 Å². The number of hydrogen-bond donors (Lipinski definition) is 1. The molecule has 0 aliphatic rings. The summed E-state index contributed by atoms with van der Waals surface area (Å²) >= 11 is 1.67. The Labute approximate surface area is 101 Å². The van der Waals surface area contributed by atoms with Gasteiger partial charge in [-0.3, -0.25) is 5.10 Å². The minimum atomic E-state index is 0.0965. The van der Waals surface area contributed by atoms with Gasteiger partial charge >= 0.3 is 0 Å². The highest BCUT2D eigenvalue weighted by molar-refractivity contribution is 7.10. The Bertz CT molecular complexity index is 586. The summed E-state index contributed by atoms with van der Waals surface area (Å²) in [6.07, 6.45) is 1.41. The van der Waals surface area contributed by atoms with Gasteiger partial charge in [0, 0.05) is 4.88 Å². The van der Waals surface area contributed by atoms with E-state index in [4.69, 9.17) is 4.52 Å². The highest BCUT2D eigenvalue weighted by Gasteiger charge is 2.18. The molecular formula is C10H9N5OS. The van der Waals surface area contributed by atoms with Crippen LogP contribution in [0.4, 0.5) is 0 Å². The van der Waals surface area contributed by atoms with Gasteiger partial charge in [-0.1, -0.05) is 11.2 Å². The highest BCUT2D eigenvalue weighted by atomic mass is 32.1. The SMILES string of the molecule is CC(c1nc(-c2ncn[nH]2)no1)c1cccs1. The molecule has 3 aromatic heterocycles. The standard InChI is InChI=1S/C10H9N5OS/c1-6(7-3-2-4-17-7)10-13-9(15-16-10)8-11-5-12-14-8/h2-6H,1H3,(H,11,12,14). The van der Waals surface area contributed by atoms with E-state index in [-0.39, 0.29) is 5.92 Å². The fourth-order valence-corrected chi connectivity index (χ4v) is 2.26. The van der Waals surface area contributed by atoms with Crippen LogP contribution < -0.4 is 0 Å². The van der Waals surface area contributed by atoms with Gasteiger partial charge in [-0.15, -0.1) is 11.3 Å². The fraction of sp³-hybridized carbons (Fsp3) is 0.200. The smallest absolute Gasteiger partial charge is 0.239 e. The lowest BCUT2D eigenvalue weighted by Crippen LogP contribution is -1.93. The summed E-state index contributed by atoms with van der Waals surface area (Å²) < 4.78 is 5.23. The summed E-state index contributed by atoms with van der Waals surface area (Å²) in [6, 6.07) is 4.05. The van der Waals surface area contributed by atoms with Crippen molar-refractivity contribution in [2.24, 2.45) is 0 Å². The molecule has 0 aromatic carbocycles. The van der Waals surface area contributed by atoms with E-state index in [2.05, 4.69) is 25.3 Å². The van der Waals surface area contributed by atoms with Crippen LogP contribution in [0.1, 0.15) is 23.6 Å². The van der Waals surface area contributed by atoms with E-state index in [1.807, 2.05) is 24.4 Å². The Kier molecular flexibility index (Phi) is 2.45. The predicted molar refractivity (Wildman–Crippen MR) is 61.5 cm³/mol. The Morgan fingerprint density at radius 3 is 3.12 bits per heavy atom.